The summed E-state index contributed by atoms with van der Waals surface area (Å²) >= 11 is 1.46. The van der Waals surface area contributed by atoms with Gasteiger partial charge in [0.1, 0.15) is 0 Å². The number of nitrogens with zero attached hydrogens (tertiary/aromatic N) is 3. The third kappa shape index (κ3) is 3.70. The van der Waals surface area contributed by atoms with Gasteiger partial charge in [0.25, 0.3) is 5.91 Å². The molecule has 3 rings (SSSR count). The van der Waals surface area contributed by atoms with E-state index in [0.29, 0.717) is 43.9 Å². The number of benzene rings is 1. The molecule has 0 radical (unpaired) electrons. The van der Waals surface area contributed by atoms with Gasteiger partial charge < -0.3 is 4.90 Å². The van der Waals surface area contributed by atoms with E-state index in [4.69, 9.17) is 5.26 Å². The molecule has 0 aliphatic carbocycles. The predicted molar refractivity (Wildman–Crippen MR) is 92.2 cm³/mol. The van der Waals surface area contributed by atoms with Crippen molar-refractivity contribution in [3.05, 3.63) is 57.8 Å². The van der Waals surface area contributed by atoms with E-state index in [2.05, 4.69) is 11.0 Å². The molecule has 1 saturated heterocycles. The number of carbonyl (C=O) groups excluding carboxylic acids is 2. The van der Waals surface area contributed by atoms with E-state index >= 15 is 0 Å². The van der Waals surface area contributed by atoms with Gasteiger partial charge in [0.05, 0.1) is 23.1 Å². The van der Waals surface area contributed by atoms with E-state index in [1.165, 1.54) is 11.3 Å². The van der Waals surface area contributed by atoms with Crippen LogP contribution < -0.4 is 0 Å². The maximum absolute atomic E-state index is 12.5. The first-order valence-electron chi connectivity index (χ1n) is 7.76. The van der Waals surface area contributed by atoms with Crippen LogP contribution in [0.15, 0.2) is 41.8 Å². The third-order valence-electron chi connectivity index (χ3n) is 4.06. The lowest BCUT2D eigenvalue weighted by Gasteiger charge is -2.34. The Kier molecular flexibility index (Phi) is 5.04. The number of hydrogen-bond acceptors (Lipinski definition) is 5. The minimum absolute atomic E-state index is 0.0590. The molecule has 24 heavy (non-hydrogen) atoms. The van der Waals surface area contributed by atoms with Crippen molar-refractivity contribution < 1.29 is 9.59 Å². The zero-order valence-electron chi connectivity index (χ0n) is 13.1. The highest BCUT2D eigenvalue weighted by molar-refractivity contribution is 7.12. The summed E-state index contributed by atoms with van der Waals surface area (Å²) in [5.74, 6) is 0.0721. The lowest BCUT2D eigenvalue weighted by atomic mass is 10.1. The number of rotatable bonds is 4. The topological polar surface area (TPSA) is 64.4 Å². The second-order valence-electron chi connectivity index (χ2n) is 5.66. The van der Waals surface area contributed by atoms with Crippen molar-refractivity contribution in [1.29, 1.82) is 5.26 Å². The first kappa shape index (κ1) is 16.4. The molecule has 0 bridgehead atoms. The summed E-state index contributed by atoms with van der Waals surface area (Å²) in [7, 11) is 0. The van der Waals surface area contributed by atoms with Crippen molar-refractivity contribution in [3.8, 4) is 6.07 Å². The zero-order valence-corrected chi connectivity index (χ0v) is 14.0. The molecule has 1 aliphatic heterocycles. The van der Waals surface area contributed by atoms with Crippen LogP contribution in [-0.2, 0) is 0 Å². The number of carbonyl (C=O) groups is 2. The lowest BCUT2D eigenvalue weighted by Crippen LogP contribution is -2.49. The smallest absolute Gasteiger partial charge is 0.253 e. The first-order valence-corrected chi connectivity index (χ1v) is 8.64. The van der Waals surface area contributed by atoms with Gasteiger partial charge in [-0.05, 0) is 29.6 Å². The molecule has 0 atom stereocenters. The molecule has 5 nitrogen and oxygen atoms in total. The number of hydrogen-bond donors (Lipinski definition) is 0. The van der Waals surface area contributed by atoms with Gasteiger partial charge in [0, 0.05) is 31.7 Å². The van der Waals surface area contributed by atoms with E-state index in [9.17, 15) is 9.59 Å². The van der Waals surface area contributed by atoms with Crippen molar-refractivity contribution in [2.45, 2.75) is 0 Å². The molecule has 1 aromatic heterocycles. The van der Waals surface area contributed by atoms with Crippen LogP contribution in [0.25, 0.3) is 0 Å². The van der Waals surface area contributed by atoms with E-state index in [1.807, 2.05) is 17.5 Å². The Morgan fingerprint density at radius 2 is 1.92 bits per heavy atom. The second kappa shape index (κ2) is 7.39. The van der Waals surface area contributed by atoms with Gasteiger partial charge in [-0.1, -0.05) is 12.1 Å². The Balaban J connectivity index is 1.56. The van der Waals surface area contributed by atoms with Gasteiger partial charge in [-0.2, -0.15) is 5.26 Å². The molecule has 2 heterocycles. The number of piperazine rings is 1. The highest BCUT2D eigenvalue weighted by Gasteiger charge is 2.23. The van der Waals surface area contributed by atoms with Gasteiger partial charge in [-0.25, -0.2) is 0 Å². The zero-order chi connectivity index (χ0) is 16.9. The van der Waals surface area contributed by atoms with E-state index in [0.717, 1.165) is 4.88 Å². The number of amides is 1. The van der Waals surface area contributed by atoms with Gasteiger partial charge in [-0.15, -0.1) is 11.3 Å². The van der Waals surface area contributed by atoms with Crippen molar-refractivity contribution in [2.75, 3.05) is 32.7 Å². The van der Waals surface area contributed by atoms with Crippen LogP contribution in [0.3, 0.4) is 0 Å². The minimum Gasteiger partial charge on any atom is -0.336 e. The fraction of sp³-hybridized carbons (Fsp3) is 0.278. The van der Waals surface area contributed by atoms with Gasteiger partial charge in [0.15, 0.2) is 5.78 Å². The maximum Gasteiger partial charge on any atom is 0.253 e. The maximum atomic E-state index is 12.5. The lowest BCUT2D eigenvalue weighted by molar-refractivity contribution is 0.0625. The number of nitriles is 1. The summed E-state index contributed by atoms with van der Waals surface area (Å²) in [6.07, 6.45) is 0. The Morgan fingerprint density at radius 3 is 2.58 bits per heavy atom. The fourth-order valence-corrected chi connectivity index (χ4v) is 3.39. The number of thiophene rings is 1. The Labute approximate surface area is 144 Å². The van der Waals surface area contributed by atoms with Gasteiger partial charge >= 0.3 is 0 Å². The van der Waals surface area contributed by atoms with Crippen molar-refractivity contribution in [1.82, 2.24) is 9.80 Å². The minimum atomic E-state index is -0.0590. The Morgan fingerprint density at radius 1 is 1.12 bits per heavy atom. The molecule has 0 unspecified atom stereocenters. The Bertz CT molecular complexity index is 772. The van der Waals surface area contributed by atoms with Crippen LogP contribution in [0.5, 0.6) is 0 Å². The summed E-state index contributed by atoms with van der Waals surface area (Å²) in [6.45, 7) is 2.94. The third-order valence-corrected chi connectivity index (χ3v) is 4.97. The van der Waals surface area contributed by atoms with Crippen LogP contribution in [-0.4, -0.2) is 54.2 Å². The van der Waals surface area contributed by atoms with Gasteiger partial charge in [-0.3, -0.25) is 14.5 Å². The quantitative estimate of drug-likeness (QED) is 0.802. The molecule has 2 aromatic rings. The molecule has 1 fully saturated rings. The van der Waals surface area contributed by atoms with Crippen LogP contribution in [0.2, 0.25) is 0 Å². The normalized spacial score (nSPS) is 15.0. The monoisotopic (exact) mass is 339 g/mol. The number of Topliss-reactive ketones (excluding diaryl/α,β-unsaturated/α-hetero) is 1. The molecular formula is C18H17N3O2S. The average molecular weight is 339 g/mol. The molecule has 6 heteroatoms. The fourth-order valence-electron chi connectivity index (χ4n) is 2.73. The van der Waals surface area contributed by atoms with Crippen LogP contribution >= 0.6 is 11.3 Å². The summed E-state index contributed by atoms with van der Waals surface area (Å²) in [4.78, 5) is 29.3. The standard InChI is InChI=1S/C18H17N3O2S/c19-12-14-3-1-4-15(11-14)18(23)21-8-6-20(7-9-21)13-16(22)17-5-2-10-24-17/h1-5,10-11H,6-9,13H2. The Hall–Kier alpha value is -2.49. The predicted octanol–water partition coefficient (Wildman–Crippen LogP) is 2.26. The number of ketones is 1. The highest BCUT2D eigenvalue weighted by Crippen LogP contribution is 2.13. The second-order valence-corrected chi connectivity index (χ2v) is 6.61. The molecular weight excluding hydrogens is 322 g/mol. The molecule has 1 aromatic carbocycles. The molecule has 122 valence electrons. The van der Waals surface area contributed by atoms with Crippen molar-refractivity contribution in [3.63, 3.8) is 0 Å². The van der Waals surface area contributed by atoms with Crippen molar-refractivity contribution >= 4 is 23.0 Å². The first-order chi connectivity index (χ1) is 11.7. The summed E-state index contributed by atoms with van der Waals surface area (Å²) in [6, 6.07) is 12.5. The van der Waals surface area contributed by atoms with E-state index < -0.39 is 0 Å². The molecule has 1 amide bonds. The summed E-state index contributed by atoms with van der Waals surface area (Å²) < 4.78 is 0. The SMILES string of the molecule is N#Cc1cccc(C(=O)N2CCN(CC(=O)c3cccs3)CC2)c1. The van der Waals surface area contributed by atoms with Crippen LogP contribution in [0.1, 0.15) is 25.6 Å². The van der Waals surface area contributed by atoms with E-state index in [-0.39, 0.29) is 11.7 Å². The average Bonchev–Trinajstić information content (AvgIpc) is 3.16. The van der Waals surface area contributed by atoms with Gasteiger partial charge in [0.2, 0.25) is 0 Å². The molecule has 0 N–H and O–H groups in total. The molecule has 0 spiro atoms. The summed E-state index contributed by atoms with van der Waals surface area (Å²) in [5, 5.41) is 10.8. The molecule has 0 saturated carbocycles. The summed E-state index contributed by atoms with van der Waals surface area (Å²) in [5.41, 5.74) is 1.03. The van der Waals surface area contributed by atoms with Crippen LogP contribution in [0.4, 0.5) is 0 Å². The van der Waals surface area contributed by atoms with Crippen molar-refractivity contribution in [2.24, 2.45) is 0 Å². The molecule has 1 aliphatic rings. The van der Waals surface area contributed by atoms with Crippen LogP contribution in [0, 0.1) is 11.3 Å². The largest absolute Gasteiger partial charge is 0.336 e. The van der Waals surface area contributed by atoms with E-state index in [1.54, 1.807) is 29.2 Å². The highest BCUT2D eigenvalue weighted by atomic mass is 32.1.